The molecular formula is C21H20ClNO2. The third kappa shape index (κ3) is 2.54. The average molecular weight is 354 g/mol. The molecular weight excluding hydrogens is 334 g/mol. The van der Waals surface area contributed by atoms with Crippen LogP contribution in [-0.2, 0) is 4.74 Å². The lowest BCUT2D eigenvalue weighted by Crippen LogP contribution is -2.30. The molecule has 1 aliphatic heterocycles. The number of allylic oxidation sites excluding steroid dienone is 2. The first-order valence-electron chi connectivity index (χ1n) is 8.51. The number of anilines is 1. The maximum atomic E-state index is 12.1. The fraction of sp³-hybridized carbons (Fsp3) is 0.286. The topological polar surface area (TPSA) is 38.3 Å². The summed E-state index contributed by atoms with van der Waals surface area (Å²) in [5, 5.41) is 4.45. The summed E-state index contributed by atoms with van der Waals surface area (Å²) in [6.07, 6.45) is 5.55. The molecule has 0 aromatic heterocycles. The van der Waals surface area contributed by atoms with Crippen LogP contribution in [0.15, 0.2) is 48.6 Å². The van der Waals surface area contributed by atoms with Gasteiger partial charge in [-0.15, -0.1) is 0 Å². The van der Waals surface area contributed by atoms with Crippen LogP contribution in [0.3, 0.4) is 0 Å². The van der Waals surface area contributed by atoms with E-state index in [1.54, 1.807) is 0 Å². The molecule has 3 atom stereocenters. The van der Waals surface area contributed by atoms with Crippen molar-refractivity contribution in [3.8, 4) is 0 Å². The van der Waals surface area contributed by atoms with E-state index < -0.39 is 0 Å². The largest absolute Gasteiger partial charge is 0.465 e. The number of fused-ring (bicyclic) bond motifs is 3. The predicted octanol–water partition coefficient (Wildman–Crippen LogP) is 5.26. The number of benzene rings is 2. The zero-order valence-corrected chi connectivity index (χ0v) is 15.0. The second-order valence-electron chi connectivity index (χ2n) is 6.69. The van der Waals surface area contributed by atoms with E-state index in [0.717, 1.165) is 28.3 Å². The Labute approximate surface area is 152 Å². The number of hydrogen-bond acceptors (Lipinski definition) is 3. The fourth-order valence-electron chi connectivity index (χ4n) is 4.18. The van der Waals surface area contributed by atoms with Gasteiger partial charge in [-0.25, -0.2) is 4.79 Å². The molecule has 1 heterocycles. The van der Waals surface area contributed by atoms with E-state index in [-0.39, 0.29) is 12.0 Å². The van der Waals surface area contributed by atoms with Crippen molar-refractivity contribution in [1.82, 2.24) is 0 Å². The van der Waals surface area contributed by atoms with Crippen molar-refractivity contribution in [1.29, 1.82) is 0 Å². The molecule has 4 rings (SSSR count). The van der Waals surface area contributed by atoms with Gasteiger partial charge >= 0.3 is 5.97 Å². The highest BCUT2D eigenvalue weighted by atomic mass is 35.5. The van der Waals surface area contributed by atoms with Crippen LogP contribution in [0.5, 0.6) is 0 Å². The monoisotopic (exact) mass is 353 g/mol. The minimum atomic E-state index is -0.305. The predicted molar refractivity (Wildman–Crippen MR) is 100 cm³/mol. The highest BCUT2D eigenvalue weighted by Crippen LogP contribution is 2.51. The molecule has 0 radical (unpaired) electrons. The first kappa shape index (κ1) is 16.2. The summed E-state index contributed by atoms with van der Waals surface area (Å²) >= 11 is 6.48. The van der Waals surface area contributed by atoms with Gasteiger partial charge in [-0.2, -0.15) is 0 Å². The van der Waals surface area contributed by atoms with Crippen LogP contribution in [0.4, 0.5) is 5.69 Å². The number of carbonyl (C=O) groups is 1. The Morgan fingerprint density at radius 3 is 2.76 bits per heavy atom. The Kier molecular flexibility index (Phi) is 4.04. The highest BCUT2D eigenvalue weighted by Gasteiger charge is 2.39. The molecule has 0 saturated heterocycles. The van der Waals surface area contributed by atoms with E-state index in [0.29, 0.717) is 17.4 Å². The number of rotatable bonds is 2. The molecule has 3 unspecified atom stereocenters. The molecule has 1 aliphatic carbocycles. The Morgan fingerprint density at radius 1 is 1.20 bits per heavy atom. The lowest BCUT2D eigenvalue weighted by Gasteiger charge is -2.39. The summed E-state index contributed by atoms with van der Waals surface area (Å²) < 4.78 is 4.92. The summed E-state index contributed by atoms with van der Waals surface area (Å²) in [5.41, 5.74) is 4.91. The van der Waals surface area contributed by atoms with Crippen molar-refractivity contribution < 1.29 is 9.53 Å². The number of halogens is 1. The van der Waals surface area contributed by atoms with E-state index in [2.05, 4.69) is 29.6 Å². The van der Waals surface area contributed by atoms with Crippen LogP contribution < -0.4 is 5.32 Å². The van der Waals surface area contributed by atoms with Gasteiger partial charge in [0.15, 0.2) is 0 Å². The zero-order valence-electron chi connectivity index (χ0n) is 14.3. The maximum absolute atomic E-state index is 12.1. The average Bonchev–Trinajstić information content (AvgIpc) is 3.11. The summed E-state index contributed by atoms with van der Waals surface area (Å²) in [4.78, 5) is 12.1. The quantitative estimate of drug-likeness (QED) is 0.591. The van der Waals surface area contributed by atoms with E-state index in [1.807, 2.05) is 31.2 Å². The van der Waals surface area contributed by atoms with Gasteiger partial charge in [-0.1, -0.05) is 48.0 Å². The van der Waals surface area contributed by atoms with Crippen molar-refractivity contribution in [2.24, 2.45) is 5.92 Å². The number of hydrogen-bond donors (Lipinski definition) is 1. The van der Waals surface area contributed by atoms with E-state index in [9.17, 15) is 4.79 Å². The standard InChI is InChI=1S/C21H20ClNO2/c1-12-13(21(24)25-2)10-11-16-14-7-5-8-15(14)20(23-19(12)16)17-6-3-4-9-18(17)22/h3-7,9-11,14-15,20,23H,8H2,1-2H3. The Hall–Kier alpha value is -2.26. The van der Waals surface area contributed by atoms with Gasteiger partial charge in [0.25, 0.3) is 0 Å². The molecule has 25 heavy (non-hydrogen) atoms. The molecule has 1 N–H and O–H groups in total. The SMILES string of the molecule is COC(=O)c1ccc2c(c1C)NC(c1ccccc1Cl)C1CC=CC21. The summed E-state index contributed by atoms with van der Waals surface area (Å²) in [6, 6.07) is 12.0. The van der Waals surface area contributed by atoms with Gasteiger partial charge in [-0.3, -0.25) is 0 Å². The lowest BCUT2D eigenvalue weighted by molar-refractivity contribution is 0.0600. The van der Waals surface area contributed by atoms with Crippen molar-refractivity contribution in [2.75, 3.05) is 12.4 Å². The smallest absolute Gasteiger partial charge is 0.338 e. The van der Waals surface area contributed by atoms with Crippen molar-refractivity contribution in [3.63, 3.8) is 0 Å². The van der Waals surface area contributed by atoms with Crippen LogP contribution in [0.1, 0.15) is 45.4 Å². The maximum Gasteiger partial charge on any atom is 0.338 e. The fourth-order valence-corrected chi connectivity index (χ4v) is 4.43. The Balaban J connectivity index is 1.85. The molecule has 0 amide bonds. The van der Waals surface area contributed by atoms with Gasteiger partial charge in [-0.05, 0) is 48.1 Å². The number of carbonyl (C=O) groups excluding carboxylic acids is 1. The normalized spacial score (nSPS) is 23.6. The number of esters is 1. The number of methoxy groups -OCH3 is 1. The first-order chi connectivity index (χ1) is 12.1. The van der Waals surface area contributed by atoms with Gasteiger partial charge < -0.3 is 10.1 Å². The molecule has 0 fully saturated rings. The second-order valence-corrected chi connectivity index (χ2v) is 7.10. The summed E-state index contributed by atoms with van der Waals surface area (Å²) in [5.74, 6) is 0.458. The second kappa shape index (κ2) is 6.23. The zero-order chi connectivity index (χ0) is 17.6. The molecule has 2 aliphatic rings. The van der Waals surface area contributed by atoms with Crippen LogP contribution in [-0.4, -0.2) is 13.1 Å². The number of ether oxygens (including phenoxy) is 1. The van der Waals surface area contributed by atoms with Gasteiger partial charge in [0.1, 0.15) is 0 Å². The van der Waals surface area contributed by atoms with Gasteiger partial charge in [0.05, 0.1) is 18.7 Å². The summed E-state index contributed by atoms with van der Waals surface area (Å²) in [6.45, 7) is 1.97. The number of nitrogens with one attached hydrogen (secondary N) is 1. The van der Waals surface area contributed by atoms with Crippen LogP contribution in [0.2, 0.25) is 5.02 Å². The first-order valence-corrected chi connectivity index (χ1v) is 8.89. The Bertz CT molecular complexity index is 874. The molecule has 128 valence electrons. The molecule has 0 saturated carbocycles. The molecule has 2 aromatic rings. The third-order valence-electron chi connectivity index (χ3n) is 5.44. The third-order valence-corrected chi connectivity index (χ3v) is 5.79. The molecule has 3 nitrogen and oxygen atoms in total. The van der Waals surface area contributed by atoms with Crippen LogP contribution in [0.25, 0.3) is 0 Å². The van der Waals surface area contributed by atoms with E-state index >= 15 is 0 Å². The Morgan fingerprint density at radius 2 is 2.00 bits per heavy atom. The minimum absolute atomic E-state index is 0.118. The molecule has 0 spiro atoms. The summed E-state index contributed by atoms with van der Waals surface area (Å²) in [7, 11) is 1.41. The molecule has 4 heteroatoms. The van der Waals surface area contributed by atoms with Crippen molar-refractivity contribution >= 4 is 23.3 Å². The van der Waals surface area contributed by atoms with Crippen molar-refractivity contribution in [3.05, 3.63) is 75.8 Å². The van der Waals surface area contributed by atoms with Gasteiger partial charge in [0, 0.05) is 16.6 Å². The van der Waals surface area contributed by atoms with Gasteiger partial charge in [0.2, 0.25) is 0 Å². The highest BCUT2D eigenvalue weighted by molar-refractivity contribution is 6.31. The van der Waals surface area contributed by atoms with E-state index in [4.69, 9.17) is 16.3 Å². The molecule has 2 aromatic carbocycles. The van der Waals surface area contributed by atoms with Crippen LogP contribution in [0, 0.1) is 12.8 Å². The van der Waals surface area contributed by atoms with E-state index in [1.165, 1.54) is 12.7 Å². The van der Waals surface area contributed by atoms with Crippen LogP contribution >= 0.6 is 11.6 Å². The van der Waals surface area contributed by atoms with Crippen molar-refractivity contribution in [2.45, 2.75) is 25.3 Å². The minimum Gasteiger partial charge on any atom is -0.465 e. The molecule has 0 bridgehead atoms. The lowest BCUT2D eigenvalue weighted by atomic mass is 9.76.